The molecule has 0 aromatic heterocycles. The fourth-order valence-corrected chi connectivity index (χ4v) is 8.91. The zero-order chi connectivity index (χ0) is 26.9. The fraction of sp³-hybridized carbons (Fsp3) is 0.250. The molecule has 0 saturated carbocycles. The Kier molecular flexibility index (Phi) is 7.62. The van der Waals surface area contributed by atoms with E-state index in [1.54, 1.807) is 0 Å². The second-order valence-corrected chi connectivity index (χ2v) is 14.1. The second-order valence-electron chi connectivity index (χ2n) is 7.09. The molecular weight excluding hydrogens is 672 g/mol. The van der Waals surface area contributed by atoms with Gasteiger partial charge in [0.2, 0.25) is 0 Å². The van der Waals surface area contributed by atoms with Gasteiger partial charge >= 0.3 is 0 Å². The van der Waals surface area contributed by atoms with E-state index >= 15 is 0 Å². The SMILES string of the molecule is Cc1c(Br)c(C)c(S(=O)(=O)O)c(-c2c(S(=O)(=O)O)c(C)c(Br)c(C)c2S(=O)(=O)O)c1S(=O)(=O)O. The van der Waals surface area contributed by atoms with Crippen molar-refractivity contribution in [1.82, 2.24) is 0 Å². The van der Waals surface area contributed by atoms with Gasteiger partial charge in [-0.05, 0) is 49.9 Å². The third-order valence-electron chi connectivity index (χ3n) is 4.87. The van der Waals surface area contributed by atoms with Crippen molar-refractivity contribution in [2.45, 2.75) is 47.3 Å². The first-order valence-corrected chi connectivity index (χ1v) is 15.9. The molecule has 4 N–H and O–H groups in total. The van der Waals surface area contributed by atoms with E-state index in [4.69, 9.17) is 0 Å². The summed E-state index contributed by atoms with van der Waals surface area (Å²) in [7, 11) is -21.9. The van der Waals surface area contributed by atoms with Crippen LogP contribution in [0.5, 0.6) is 0 Å². The minimum absolute atomic E-state index is 0.246. The predicted molar refractivity (Wildman–Crippen MR) is 125 cm³/mol. The topological polar surface area (TPSA) is 217 Å². The van der Waals surface area contributed by atoms with Gasteiger partial charge in [0.1, 0.15) is 19.6 Å². The smallest absolute Gasteiger partial charge is 0.282 e. The highest BCUT2D eigenvalue weighted by Crippen LogP contribution is 2.49. The summed E-state index contributed by atoms with van der Waals surface area (Å²) in [6.07, 6.45) is 0. The standard InChI is InChI=1S/C16H16Br2O12S4/c1-5-11(17)6(2)14(32(22,23)24)9(13(5)31(19,20)21)10-15(33(25,26)27)7(3)12(18)8(4)16(10)34(28,29)30/h1-4H3,(H,19,20,21)(H,22,23,24)(H,25,26,27)(H,28,29,30). The Hall–Kier alpha value is -0.960. The Labute approximate surface area is 212 Å². The lowest BCUT2D eigenvalue weighted by Gasteiger charge is -2.24. The summed E-state index contributed by atoms with van der Waals surface area (Å²) in [4.78, 5) is -5.19. The molecule has 0 radical (unpaired) electrons. The molecule has 12 nitrogen and oxygen atoms in total. The van der Waals surface area contributed by atoms with Gasteiger partial charge in [0.15, 0.2) is 0 Å². The van der Waals surface area contributed by atoms with Crippen LogP contribution >= 0.6 is 31.9 Å². The van der Waals surface area contributed by atoms with Crippen LogP contribution in [0.25, 0.3) is 11.1 Å². The maximum atomic E-state index is 12.4. The predicted octanol–water partition coefficient (Wildman–Crippen LogP) is 3.10. The summed E-state index contributed by atoms with van der Waals surface area (Å²) in [6, 6.07) is 0. The zero-order valence-corrected chi connectivity index (χ0v) is 23.9. The molecule has 0 bridgehead atoms. The van der Waals surface area contributed by atoms with Crippen LogP contribution in [0, 0.1) is 27.7 Å². The van der Waals surface area contributed by atoms with Crippen molar-refractivity contribution in [3.8, 4) is 11.1 Å². The van der Waals surface area contributed by atoms with Gasteiger partial charge in [-0.15, -0.1) is 0 Å². The van der Waals surface area contributed by atoms with Crippen LogP contribution in [0.4, 0.5) is 0 Å². The molecule has 0 atom stereocenters. The first kappa shape index (κ1) is 29.3. The number of halogens is 2. The van der Waals surface area contributed by atoms with Crippen LogP contribution in [-0.4, -0.2) is 51.9 Å². The quantitative estimate of drug-likeness (QED) is 0.333. The average Bonchev–Trinajstić information content (AvgIpc) is 2.58. The van der Waals surface area contributed by atoms with Crippen molar-refractivity contribution >= 4 is 72.3 Å². The number of hydrogen-bond donors (Lipinski definition) is 4. The summed E-state index contributed by atoms with van der Waals surface area (Å²) >= 11 is 5.87. The lowest BCUT2D eigenvalue weighted by atomic mass is 9.96. The first-order chi connectivity index (χ1) is 15.0. The molecule has 0 spiro atoms. The monoisotopic (exact) mass is 686 g/mol. The third-order valence-corrected chi connectivity index (χ3v) is 11.4. The number of hydrogen-bond acceptors (Lipinski definition) is 8. The molecule has 0 fully saturated rings. The van der Waals surface area contributed by atoms with Gasteiger partial charge in [-0.1, -0.05) is 31.9 Å². The maximum absolute atomic E-state index is 12.4. The van der Waals surface area contributed by atoms with Crippen LogP contribution in [-0.2, 0) is 40.5 Å². The molecule has 190 valence electrons. The van der Waals surface area contributed by atoms with Crippen molar-refractivity contribution in [2.24, 2.45) is 0 Å². The third kappa shape index (κ3) is 4.97. The van der Waals surface area contributed by atoms with E-state index in [0.29, 0.717) is 0 Å². The van der Waals surface area contributed by atoms with Crippen molar-refractivity contribution < 1.29 is 51.9 Å². The van der Waals surface area contributed by atoms with Crippen molar-refractivity contribution in [2.75, 3.05) is 0 Å². The summed E-state index contributed by atoms with van der Waals surface area (Å²) in [5, 5.41) is 0. The lowest BCUT2D eigenvalue weighted by Crippen LogP contribution is -2.18. The van der Waals surface area contributed by atoms with Crippen molar-refractivity contribution in [1.29, 1.82) is 0 Å². The molecule has 0 aliphatic rings. The Bertz CT molecular complexity index is 1440. The van der Waals surface area contributed by atoms with E-state index in [2.05, 4.69) is 31.9 Å². The largest absolute Gasteiger partial charge is 0.295 e. The summed E-state index contributed by atoms with van der Waals surface area (Å²) in [5.41, 5.74) is -4.18. The molecule has 0 heterocycles. The van der Waals surface area contributed by atoms with E-state index < -0.39 is 93.4 Å². The molecule has 0 aliphatic carbocycles. The minimum Gasteiger partial charge on any atom is -0.282 e. The van der Waals surface area contributed by atoms with Crippen LogP contribution in [0.1, 0.15) is 22.3 Å². The van der Waals surface area contributed by atoms with Gasteiger partial charge in [-0.25, -0.2) is 0 Å². The number of rotatable bonds is 5. The molecule has 2 aromatic carbocycles. The van der Waals surface area contributed by atoms with Crippen molar-refractivity contribution in [3.05, 3.63) is 31.2 Å². The Balaban J connectivity index is 3.75. The normalized spacial score (nSPS) is 13.4. The van der Waals surface area contributed by atoms with Crippen molar-refractivity contribution in [3.63, 3.8) is 0 Å². The van der Waals surface area contributed by atoms with E-state index in [9.17, 15) is 51.9 Å². The van der Waals surface area contributed by atoms with Gasteiger partial charge in [-0.2, -0.15) is 33.7 Å². The van der Waals surface area contributed by atoms with Crippen LogP contribution in [0.15, 0.2) is 28.5 Å². The van der Waals surface area contributed by atoms with Gasteiger partial charge in [0.25, 0.3) is 40.5 Å². The van der Waals surface area contributed by atoms with E-state index in [-0.39, 0.29) is 8.95 Å². The van der Waals surface area contributed by atoms with Gasteiger partial charge in [0, 0.05) is 20.1 Å². The molecule has 0 saturated heterocycles. The Morgan fingerprint density at radius 1 is 0.441 bits per heavy atom. The average molecular weight is 688 g/mol. The molecule has 0 aliphatic heterocycles. The summed E-state index contributed by atoms with van der Waals surface area (Å²) in [5.74, 6) is 0. The zero-order valence-electron chi connectivity index (χ0n) is 17.4. The Morgan fingerprint density at radius 3 is 0.706 bits per heavy atom. The van der Waals surface area contributed by atoms with Crippen LogP contribution in [0.3, 0.4) is 0 Å². The molecular formula is C16H16Br2O12S4. The molecule has 0 amide bonds. The Morgan fingerprint density at radius 2 is 0.588 bits per heavy atom. The highest BCUT2D eigenvalue weighted by molar-refractivity contribution is 9.11. The van der Waals surface area contributed by atoms with Gasteiger partial charge in [-0.3, -0.25) is 18.2 Å². The highest BCUT2D eigenvalue weighted by Gasteiger charge is 2.40. The van der Waals surface area contributed by atoms with Crippen LogP contribution < -0.4 is 0 Å². The van der Waals surface area contributed by atoms with Gasteiger partial charge < -0.3 is 0 Å². The van der Waals surface area contributed by atoms with E-state index in [1.165, 1.54) is 0 Å². The van der Waals surface area contributed by atoms with E-state index in [1.807, 2.05) is 0 Å². The maximum Gasteiger partial charge on any atom is 0.295 e. The molecule has 34 heavy (non-hydrogen) atoms. The first-order valence-electron chi connectivity index (χ1n) is 8.51. The molecule has 0 unspecified atom stereocenters. The molecule has 2 aromatic rings. The lowest BCUT2D eigenvalue weighted by molar-refractivity contribution is 0.473. The van der Waals surface area contributed by atoms with Gasteiger partial charge in [0.05, 0.1) is 0 Å². The highest BCUT2D eigenvalue weighted by atomic mass is 79.9. The fourth-order valence-electron chi connectivity index (χ4n) is 3.66. The number of benzene rings is 2. The van der Waals surface area contributed by atoms with Crippen LogP contribution in [0.2, 0.25) is 0 Å². The summed E-state index contributed by atoms with van der Waals surface area (Å²) < 4.78 is 138. The minimum atomic E-state index is -5.46. The molecule has 2 rings (SSSR count). The van der Waals surface area contributed by atoms with E-state index in [0.717, 1.165) is 27.7 Å². The summed E-state index contributed by atoms with van der Waals surface area (Å²) in [6.45, 7) is 4.26. The molecule has 18 heteroatoms. The second kappa shape index (κ2) is 8.86.